The third-order valence-corrected chi connectivity index (χ3v) is 4.69. The van der Waals surface area contributed by atoms with E-state index >= 15 is 0 Å². The van der Waals surface area contributed by atoms with Crippen LogP contribution in [0.2, 0.25) is 10.0 Å². The number of sulfonamides is 1. The zero-order valence-electron chi connectivity index (χ0n) is 10.9. The van der Waals surface area contributed by atoms with Crippen LogP contribution in [0.5, 0.6) is 5.75 Å². The lowest BCUT2D eigenvalue weighted by molar-refractivity contribution is 0.415. The molecule has 2 aromatic rings. The maximum Gasteiger partial charge on any atom is 0.262 e. The van der Waals surface area contributed by atoms with Gasteiger partial charge in [-0.05, 0) is 24.3 Å². The third kappa shape index (κ3) is 3.34. The second-order valence-electron chi connectivity index (χ2n) is 4.11. The predicted octanol–water partition coefficient (Wildman–Crippen LogP) is 3.39. The fourth-order valence-electron chi connectivity index (χ4n) is 1.65. The monoisotopic (exact) mass is 346 g/mol. The van der Waals surface area contributed by atoms with Crippen molar-refractivity contribution in [1.29, 1.82) is 0 Å². The lowest BCUT2D eigenvalue weighted by atomic mass is 10.3. The van der Waals surface area contributed by atoms with E-state index in [1.54, 1.807) is 6.07 Å². The van der Waals surface area contributed by atoms with Crippen LogP contribution in [0.1, 0.15) is 0 Å². The lowest BCUT2D eigenvalue weighted by Crippen LogP contribution is -2.14. The van der Waals surface area contributed by atoms with Crippen LogP contribution in [0.25, 0.3) is 0 Å². The number of halogens is 2. The molecular weight excluding hydrogens is 335 g/mol. The topological polar surface area (TPSA) is 81.4 Å². The number of nitrogen functional groups attached to an aromatic ring is 1. The van der Waals surface area contributed by atoms with Crippen molar-refractivity contribution in [2.75, 3.05) is 17.6 Å². The zero-order chi connectivity index (χ0) is 15.6. The molecule has 0 amide bonds. The van der Waals surface area contributed by atoms with Crippen molar-refractivity contribution in [3.05, 3.63) is 46.4 Å². The average Bonchev–Trinajstić information content (AvgIpc) is 2.43. The first-order valence-electron chi connectivity index (χ1n) is 5.75. The lowest BCUT2D eigenvalue weighted by Gasteiger charge is -2.12. The molecule has 0 unspecified atom stereocenters. The van der Waals surface area contributed by atoms with Gasteiger partial charge in [0.1, 0.15) is 5.75 Å². The van der Waals surface area contributed by atoms with Gasteiger partial charge in [0.25, 0.3) is 10.0 Å². The molecule has 8 heteroatoms. The van der Waals surface area contributed by atoms with Crippen molar-refractivity contribution in [2.45, 2.75) is 4.90 Å². The number of nitrogens with two attached hydrogens (primary N) is 1. The molecule has 3 N–H and O–H groups in total. The fraction of sp³-hybridized carbons (Fsp3) is 0.0769. The van der Waals surface area contributed by atoms with E-state index in [0.29, 0.717) is 5.69 Å². The Bertz CT molecular complexity index is 759. The molecule has 5 nitrogen and oxygen atoms in total. The molecule has 0 bridgehead atoms. The van der Waals surface area contributed by atoms with Gasteiger partial charge in [-0.2, -0.15) is 0 Å². The molecule has 0 saturated heterocycles. The largest absolute Gasteiger partial charge is 0.495 e. The van der Waals surface area contributed by atoms with Crippen LogP contribution in [0.3, 0.4) is 0 Å². The number of rotatable bonds is 4. The summed E-state index contributed by atoms with van der Waals surface area (Å²) >= 11 is 11.9. The van der Waals surface area contributed by atoms with Crippen LogP contribution in [-0.2, 0) is 10.0 Å². The molecule has 2 rings (SSSR count). The SMILES string of the molecule is COc1cc(S(=O)(=O)Nc2c(Cl)cccc2Cl)ccc1N. The zero-order valence-corrected chi connectivity index (χ0v) is 13.3. The quantitative estimate of drug-likeness (QED) is 0.831. The molecule has 21 heavy (non-hydrogen) atoms. The normalized spacial score (nSPS) is 11.2. The highest BCUT2D eigenvalue weighted by atomic mass is 35.5. The molecule has 0 aliphatic heterocycles. The van der Waals surface area contributed by atoms with Gasteiger partial charge < -0.3 is 10.5 Å². The predicted molar refractivity (Wildman–Crippen MR) is 84.7 cm³/mol. The van der Waals surface area contributed by atoms with Crippen molar-refractivity contribution >= 4 is 44.6 Å². The number of ether oxygens (including phenoxy) is 1. The molecule has 0 atom stereocenters. The van der Waals surface area contributed by atoms with Crippen LogP contribution in [0, 0.1) is 0 Å². The fourth-order valence-corrected chi connectivity index (χ4v) is 3.37. The van der Waals surface area contributed by atoms with E-state index in [1.165, 1.54) is 37.4 Å². The number of para-hydroxylation sites is 1. The van der Waals surface area contributed by atoms with Crippen molar-refractivity contribution in [1.82, 2.24) is 0 Å². The molecule has 0 aliphatic rings. The summed E-state index contributed by atoms with van der Waals surface area (Å²) in [5.74, 6) is 0.267. The third-order valence-electron chi connectivity index (χ3n) is 2.71. The summed E-state index contributed by atoms with van der Waals surface area (Å²) in [6, 6.07) is 8.83. The minimum atomic E-state index is -3.86. The number of methoxy groups -OCH3 is 1. The molecule has 0 spiro atoms. The summed E-state index contributed by atoms with van der Waals surface area (Å²) in [4.78, 5) is -0.00969. The van der Waals surface area contributed by atoms with Gasteiger partial charge in [-0.1, -0.05) is 29.3 Å². The maximum absolute atomic E-state index is 12.4. The Labute approximate surface area is 132 Å². The first kappa shape index (κ1) is 15.8. The minimum absolute atomic E-state index is 0.00969. The van der Waals surface area contributed by atoms with Gasteiger partial charge >= 0.3 is 0 Å². The van der Waals surface area contributed by atoms with Gasteiger partial charge in [-0.15, -0.1) is 0 Å². The van der Waals surface area contributed by atoms with E-state index in [0.717, 1.165) is 0 Å². The van der Waals surface area contributed by atoms with Crippen LogP contribution in [0.15, 0.2) is 41.3 Å². The van der Waals surface area contributed by atoms with Gasteiger partial charge in [0.05, 0.1) is 33.4 Å². The van der Waals surface area contributed by atoms with Gasteiger partial charge in [-0.25, -0.2) is 8.42 Å². The smallest absolute Gasteiger partial charge is 0.262 e. The highest BCUT2D eigenvalue weighted by Gasteiger charge is 2.19. The van der Waals surface area contributed by atoms with Gasteiger partial charge in [0, 0.05) is 6.07 Å². The summed E-state index contributed by atoms with van der Waals surface area (Å²) < 4.78 is 32.1. The number of benzene rings is 2. The van der Waals surface area contributed by atoms with Crippen molar-refractivity contribution in [3.63, 3.8) is 0 Å². The van der Waals surface area contributed by atoms with Crippen LogP contribution >= 0.6 is 23.2 Å². The number of hydrogen-bond donors (Lipinski definition) is 2. The summed E-state index contributed by atoms with van der Waals surface area (Å²) in [5, 5.41) is 0.405. The Balaban J connectivity index is 2.44. The maximum atomic E-state index is 12.4. The molecule has 0 radical (unpaired) electrons. The van der Waals surface area contributed by atoms with E-state index in [2.05, 4.69) is 4.72 Å². The Kier molecular flexibility index (Phi) is 4.51. The van der Waals surface area contributed by atoms with Crippen molar-refractivity contribution in [2.24, 2.45) is 0 Å². The average molecular weight is 347 g/mol. The van der Waals surface area contributed by atoms with Crippen LogP contribution in [0.4, 0.5) is 11.4 Å². The highest BCUT2D eigenvalue weighted by molar-refractivity contribution is 7.92. The number of anilines is 2. The van der Waals surface area contributed by atoms with Gasteiger partial charge in [0.2, 0.25) is 0 Å². The van der Waals surface area contributed by atoms with E-state index in [9.17, 15) is 8.42 Å². The standard InChI is InChI=1S/C13H12Cl2N2O3S/c1-20-12-7-8(5-6-11(12)16)21(18,19)17-13-9(14)3-2-4-10(13)15/h2-7,17H,16H2,1H3. The molecular formula is C13H12Cl2N2O3S. The second kappa shape index (κ2) is 6.01. The van der Waals surface area contributed by atoms with E-state index in [1.807, 2.05) is 0 Å². The Hall–Kier alpha value is -1.63. The van der Waals surface area contributed by atoms with Crippen molar-refractivity contribution < 1.29 is 13.2 Å². The highest BCUT2D eigenvalue weighted by Crippen LogP contribution is 2.33. The molecule has 2 aromatic carbocycles. The first-order chi connectivity index (χ1) is 9.85. The first-order valence-corrected chi connectivity index (χ1v) is 7.99. The molecule has 0 aromatic heterocycles. The molecule has 112 valence electrons. The Morgan fingerprint density at radius 2 is 1.76 bits per heavy atom. The number of nitrogens with one attached hydrogen (secondary N) is 1. The molecule has 0 aliphatic carbocycles. The Morgan fingerprint density at radius 3 is 2.33 bits per heavy atom. The van der Waals surface area contributed by atoms with Gasteiger partial charge in [-0.3, -0.25) is 4.72 Å². The molecule has 0 saturated carbocycles. The van der Waals surface area contributed by atoms with E-state index < -0.39 is 10.0 Å². The van der Waals surface area contributed by atoms with Crippen LogP contribution in [-0.4, -0.2) is 15.5 Å². The summed E-state index contributed by atoms with van der Waals surface area (Å²) in [5.41, 5.74) is 6.12. The molecule has 0 heterocycles. The van der Waals surface area contributed by atoms with Crippen LogP contribution < -0.4 is 15.2 Å². The second-order valence-corrected chi connectivity index (χ2v) is 6.60. The van der Waals surface area contributed by atoms with Crippen molar-refractivity contribution in [3.8, 4) is 5.75 Å². The van der Waals surface area contributed by atoms with E-state index in [4.69, 9.17) is 33.7 Å². The Morgan fingerprint density at radius 1 is 1.14 bits per heavy atom. The van der Waals surface area contributed by atoms with E-state index in [-0.39, 0.29) is 26.4 Å². The van der Waals surface area contributed by atoms with Gasteiger partial charge in [0.15, 0.2) is 0 Å². The summed E-state index contributed by atoms with van der Waals surface area (Å²) in [7, 11) is -2.46. The summed E-state index contributed by atoms with van der Waals surface area (Å²) in [6.07, 6.45) is 0. The number of hydrogen-bond acceptors (Lipinski definition) is 4. The summed E-state index contributed by atoms with van der Waals surface area (Å²) in [6.45, 7) is 0. The minimum Gasteiger partial charge on any atom is -0.495 e. The molecule has 0 fully saturated rings.